The number of benzene rings is 1. The maximum absolute atomic E-state index is 3.36. The highest BCUT2D eigenvalue weighted by Gasteiger charge is 2.19. The molecular formula is C13H20N2. The van der Waals surface area contributed by atoms with Crippen molar-refractivity contribution in [2.24, 2.45) is 0 Å². The highest BCUT2D eigenvalue weighted by Crippen LogP contribution is 2.22. The minimum atomic E-state index is 0.624. The first kappa shape index (κ1) is 10.7. The van der Waals surface area contributed by atoms with Gasteiger partial charge in [-0.3, -0.25) is 4.90 Å². The quantitative estimate of drug-likeness (QED) is 0.807. The van der Waals surface area contributed by atoms with Crippen molar-refractivity contribution in [2.75, 3.05) is 13.6 Å². The first-order valence-corrected chi connectivity index (χ1v) is 5.80. The van der Waals surface area contributed by atoms with Crippen molar-refractivity contribution < 1.29 is 0 Å². The summed E-state index contributed by atoms with van der Waals surface area (Å²) >= 11 is 0. The summed E-state index contributed by atoms with van der Waals surface area (Å²) in [6.07, 6.45) is 1.20. The van der Waals surface area contributed by atoms with Gasteiger partial charge in [-0.05, 0) is 24.6 Å². The third-order valence-corrected chi connectivity index (χ3v) is 3.29. The van der Waals surface area contributed by atoms with Gasteiger partial charge in [-0.25, -0.2) is 0 Å². The van der Waals surface area contributed by atoms with E-state index in [1.807, 2.05) is 0 Å². The van der Waals surface area contributed by atoms with Crippen molar-refractivity contribution in [1.29, 1.82) is 0 Å². The molecule has 2 heteroatoms. The molecule has 1 heterocycles. The van der Waals surface area contributed by atoms with Gasteiger partial charge >= 0.3 is 0 Å². The van der Waals surface area contributed by atoms with Gasteiger partial charge < -0.3 is 5.32 Å². The molecule has 1 atom stereocenters. The summed E-state index contributed by atoms with van der Waals surface area (Å²) in [5.74, 6) is 0. The van der Waals surface area contributed by atoms with Crippen LogP contribution in [0.25, 0.3) is 0 Å². The Morgan fingerprint density at radius 3 is 2.33 bits per heavy atom. The van der Waals surface area contributed by atoms with Crippen LogP contribution in [0.4, 0.5) is 0 Å². The lowest BCUT2D eigenvalue weighted by Gasteiger charge is -2.21. The van der Waals surface area contributed by atoms with E-state index in [1.54, 1.807) is 0 Å². The Labute approximate surface area is 92.3 Å². The third kappa shape index (κ3) is 2.39. The van der Waals surface area contributed by atoms with Crippen LogP contribution in [0.1, 0.15) is 24.5 Å². The Morgan fingerprint density at radius 1 is 1.27 bits per heavy atom. The lowest BCUT2D eigenvalue weighted by molar-refractivity contribution is 0.249. The van der Waals surface area contributed by atoms with Crippen molar-refractivity contribution in [1.82, 2.24) is 10.2 Å². The largest absolute Gasteiger partial charge is 0.316 e. The van der Waals surface area contributed by atoms with Gasteiger partial charge in [0.25, 0.3) is 0 Å². The van der Waals surface area contributed by atoms with Crippen LogP contribution >= 0.6 is 0 Å². The van der Waals surface area contributed by atoms with Gasteiger partial charge in [-0.1, -0.05) is 31.2 Å². The summed E-state index contributed by atoms with van der Waals surface area (Å²) in [5, 5.41) is 3.36. The van der Waals surface area contributed by atoms with E-state index in [0.717, 1.165) is 19.6 Å². The normalized spacial score (nSPS) is 17.7. The molecule has 0 saturated carbocycles. The molecule has 2 nitrogen and oxygen atoms in total. The number of hydrogen-bond donors (Lipinski definition) is 1. The molecular weight excluding hydrogens is 184 g/mol. The predicted molar refractivity (Wildman–Crippen MR) is 63.7 cm³/mol. The van der Waals surface area contributed by atoms with Gasteiger partial charge in [0.05, 0.1) is 0 Å². The minimum absolute atomic E-state index is 0.624. The fourth-order valence-corrected chi connectivity index (χ4v) is 2.27. The van der Waals surface area contributed by atoms with Crippen LogP contribution in [0, 0.1) is 0 Å². The van der Waals surface area contributed by atoms with Crippen LogP contribution < -0.4 is 5.32 Å². The molecule has 0 spiro atoms. The van der Waals surface area contributed by atoms with Gasteiger partial charge in [0.1, 0.15) is 0 Å². The zero-order chi connectivity index (χ0) is 10.7. The number of fused-ring (bicyclic) bond motifs is 1. The van der Waals surface area contributed by atoms with Gasteiger partial charge in [0.15, 0.2) is 0 Å². The standard InChI is InChI=1S/C13H20N2/c1-3-13(14-2)10-15-8-11-6-4-5-7-12(11)9-15/h4-7,13-14H,3,8-10H2,1-2H3. The second-order valence-corrected chi connectivity index (χ2v) is 4.33. The van der Waals surface area contributed by atoms with Gasteiger partial charge in [-0.15, -0.1) is 0 Å². The second-order valence-electron chi connectivity index (χ2n) is 4.33. The van der Waals surface area contributed by atoms with Gasteiger partial charge in [0.2, 0.25) is 0 Å². The average molecular weight is 204 g/mol. The van der Waals surface area contributed by atoms with Gasteiger partial charge in [0, 0.05) is 25.7 Å². The zero-order valence-electron chi connectivity index (χ0n) is 9.66. The SMILES string of the molecule is CCC(CN1Cc2ccccc2C1)NC. The van der Waals surface area contributed by atoms with Crippen LogP contribution in [0.2, 0.25) is 0 Å². The smallest absolute Gasteiger partial charge is 0.0241 e. The molecule has 0 amide bonds. The van der Waals surface area contributed by atoms with Crippen molar-refractivity contribution in [2.45, 2.75) is 32.5 Å². The van der Waals surface area contributed by atoms with Crippen LogP contribution in [-0.4, -0.2) is 24.5 Å². The van der Waals surface area contributed by atoms with Crippen molar-refractivity contribution in [3.63, 3.8) is 0 Å². The van der Waals surface area contributed by atoms with E-state index in [-0.39, 0.29) is 0 Å². The third-order valence-electron chi connectivity index (χ3n) is 3.29. The average Bonchev–Trinajstić information content (AvgIpc) is 2.68. The van der Waals surface area contributed by atoms with E-state index in [0.29, 0.717) is 6.04 Å². The molecule has 1 aliphatic rings. The highest BCUT2D eigenvalue weighted by molar-refractivity contribution is 5.30. The Morgan fingerprint density at radius 2 is 1.87 bits per heavy atom. The van der Waals surface area contributed by atoms with E-state index >= 15 is 0 Å². The molecule has 1 aromatic carbocycles. The first-order valence-electron chi connectivity index (χ1n) is 5.80. The van der Waals surface area contributed by atoms with Crippen LogP contribution in [0.5, 0.6) is 0 Å². The van der Waals surface area contributed by atoms with Crippen LogP contribution in [-0.2, 0) is 13.1 Å². The lowest BCUT2D eigenvalue weighted by atomic mass is 10.1. The monoisotopic (exact) mass is 204 g/mol. The Kier molecular flexibility index (Phi) is 3.39. The van der Waals surface area contributed by atoms with E-state index in [1.165, 1.54) is 17.5 Å². The number of rotatable bonds is 4. The number of nitrogens with zero attached hydrogens (tertiary/aromatic N) is 1. The first-order chi connectivity index (χ1) is 7.33. The Hall–Kier alpha value is -0.860. The molecule has 2 rings (SSSR count). The summed E-state index contributed by atoms with van der Waals surface area (Å²) in [6, 6.07) is 9.39. The highest BCUT2D eigenvalue weighted by atomic mass is 15.2. The molecule has 0 radical (unpaired) electrons. The molecule has 0 aromatic heterocycles. The van der Waals surface area contributed by atoms with E-state index < -0.39 is 0 Å². The maximum Gasteiger partial charge on any atom is 0.0241 e. The molecule has 1 aromatic rings. The summed E-state index contributed by atoms with van der Waals surface area (Å²) in [7, 11) is 2.05. The number of hydrogen-bond acceptors (Lipinski definition) is 2. The van der Waals surface area contributed by atoms with Crippen LogP contribution in [0.3, 0.4) is 0 Å². The number of nitrogens with one attached hydrogen (secondary N) is 1. The molecule has 82 valence electrons. The van der Waals surface area contributed by atoms with Crippen molar-refractivity contribution >= 4 is 0 Å². The fourth-order valence-electron chi connectivity index (χ4n) is 2.27. The molecule has 15 heavy (non-hydrogen) atoms. The Bertz CT molecular complexity index is 293. The van der Waals surface area contributed by atoms with E-state index in [4.69, 9.17) is 0 Å². The molecule has 0 aliphatic carbocycles. The summed E-state index contributed by atoms with van der Waals surface area (Å²) in [5.41, 5.74) is 3.01. The van der Waals surface area contributed by atoms with Crippen molar-refractivity contribution in [3.05, 3.63) is 35.4 Å². The minimum Gasteiger partial charge on any atom is -0.316 e. The summed E-state index contributed by atoms with van der Waals surface area (Å²) in [6.45, 7) is 5.63. The Balaban J connectivity index is 1.95. The molecule has 1 N–H and O–H groups in total. The maximum atomic E-state index is 3.36. The topological polar surface area (TPSA) is 15.3 Å². The molecule has 0 fully saturated rings. The summed E-state index contributed by atoms with van der Waals surface area (Å²) in [4.78, 5) is 2.52. The lowest BCUT2D eigenvalue weighted by Crippen LogP contribution is -2.36. The van der Waals surface area contributed by atoms with Gasteiger partial charge in [-0.2, -0.15) is 0 Å². The summed E-state index contributed by atoms with van der Waals surface area (Å²) < 4.78 is 0. The molecule has 1 aliphatic heterocycles. The van der Waals surface area contributed by atoms with Crippen LogP contribution in [0.15, 0.2) is 24.3 Å². The molecule has 1 unspecified atom stereocenters. The number of likely N-dealkylation sites (N-methyl/N-ethyl adjacent to an activating group) is 1. The molecule has 0 saturated heterocycles. The van der Waals surface area contributed by atoms with E-state index in [2.05, 4.69) is 48.5 Å². The molecule has 0 bridgehead atoms. The van der Waals surface area contributed by atoms with E-state index in [9.17, 15) is 0 Å². The zero-order valence-corrected chi connectivity index (χ0v) is 9.66. The second kappa shape index (κ2) is 4.77. The fraction of sp³-hybridized carbons (Fsp3) is 0.538. The van der Waals surface area contributed by atoms with Crippen molar-refractivity contribution in [3.8, 4) is 0 Å². The predicted octanol–water partition coefficient (Wildman–Crippen LogP) is 2.00.